The van der Waals surface area contributed by atoms with E-state index in [-0.39, 0.29) is 11.2 Å². The molecule has 0 aliphatic rings. The van der Waals surface area contributed by atoms with Crippen molar-refractivity contribution < 1.29 is 9.47 Å². The third-order valence-electron chi connectivity index (χ3n) is 1.60. The molecule has 0 aliphatic carbocycles. The molecule has 1 aromatic rings. The normalized spacial score (nSPS) is 12.4. The van der Waals surface area contributed by atoms with Crippen molar-refractivity contribution in [2.24, 2.45) is 0 Å². The number of ether oxygens (including phenoxy) is 2. The molecule has 1 rings (SSSR count). The molecule has 0 aliphatic heterocycles. The Bertz CT molecular complexity index is 290. The molecule has 0 spiro atoms. The van der Waals surface area contributed by atoms with Gasteiger partial charge in [0.2, 0.25) is 0 Å². The largest absolute Gasteiger partial charge is 0.488 e. The molecule has 89 valence electrons. The Balaban J connectivity index is 2.69. The summed E-state index contributed by atoms with van der Waals surface area (Å²) in [5.41, 5.74) is -0.372. The van der Waals surface area contributed by atoms with Crippen molar-refractivity contribution >= 4 is 0 Å². The standard InChI is InChI=1S/C14H21O2/c1-13(2,3)15-11-7-9-12(10-8-11)16-14(4,5)6/h7-9H,1-6H3. The summed E-state index contributed by atoms with van der Waals surface area (Å²) in [6.45, 7) is 12.1. The average molecular weight is 221 g/mol. The Morgan fingerprint density at radius 3 is 1.81 bits per heavy atom. The van der Waals surface area contributed by atoms with Crippen LogP contribution in [0.25, 0.3) is 0 Å². The van der Waals surface area contributed by atoms with E-state index in [9.17, 15) is 0 Å². The van der Waals surface area contributed by atoms with E-state index in [2.05, 4.69) is 6.07 Å². The van der Waals surface area contributed by atoms with E-state index >= 15 is 0 Å². The van der Waals surface area contributed by atoms with E-state index in [0.29, 0.717) is 0 Å². The van der Waals surface area contributed by atoms with Gasteiger partial charge in [-0.1, -0.05) is 0 Å². The van der Waals surface area contributed by atoms with Crippen molar-refractivity contribution in [3.8, 4) is 11.5 Å². The zero-order valence-corrected chi connectivity index (χ0v) is 11.0. The van der Waals surface area contributed by atoms with Crippen LogP contribution in [0.3, 0.4) is 0 Å². The van der Waals surface area contributed by atoms with Crippen LogP contribution in [-0.2, 0) is 0 Å². The molecule has 0 bridgehead atoms. The highest BCUT2D eigenvalue weighted by Gasteiger charge is 2.14. The van der Waals surface area contributed by atoms with Gasteiger partial charge in [-0.2, -0.15) is 0 Å². The van der Waals surface area contributed by atoms with Crippen molar-refractivity contribution in [1.29, 1.82) is 0 Å². The molecule has 0 atom stereocenters. The van der Waals surface area contributed by atoms with E-state index < -0.39 is 0 Å². The van der Waals surface area contributed by atoms with Crippen molar-refractivity contribution in [3.05, 3.63) is 24.3 Å². The Morgan fingerprint density at radius 2 is 1.44 bits per heavy atom. The van der Waals surface area contributed by atoms with Crippen molar-refractivity contribution in [2.75, 3.05) is 0 Å². The van der Waals surface area contributed by atoms with Crippen LogP contribution in [0.15, 0.2) is 18.2 Å². The minimum atomic E-state index is -0.192. The third kappa shape index (κ3) is 5.06. The van der Waals surface area contributed by atoms with Gasteiger partial charge in [-0.15, -0.1) is 0 Å². The summed E-state index contributed by atoms with van der Waals surface area (Å²) in [7, 11) is 0. The molecular formula is C14H21O2. The quantitative estimate of drug-likeness (QED) is 0.755. The number of hydrogen-bond acceptors (Lipinski definition) is 2. The fraction of sp³-hybridized carbons (Fsp3) is 0.571. The topological polar surface area (TPSA) is 18.5 Å². The highest BCUT2D eigenvalue weighted by molar-refractivity contribution is 5.30. The second-order valence-corrected chi connectivity index (χ2v) is 5.82. The smallest absolute Gasteiger partial charge is 0.128 e. The minimum Gasteiger partial charge on any atom is -0.488 e. The Hall–Kier alpha value is -1.18. The zero-order chi connectivity index (χ0) is 12.4. The zero-order valence-electron chi connectivity index (χ0n) is 11.0. The van der Waals surface area contributed by atoms with Crippen LogP contribution in [0.2, 0.25) is 0 Å². The first-order valence-corrected chi connectivity index (χ1v) is 5.55. The van der Waals surface area contributed by atoms with Gasteiger partial charge < -0.3 is 9.47 Å². The third-order valence-corrected chi connectivity index (χ3v) is 1.60. The summed E-state index contributed by atoms with van der Waals surface area (Å²) in [5.74, 6) is 1.56. The summed E-state index contributed by atoms with van der Waals surface area (Å²) in [6.07, 6.45) is 0. The fourth-order valence-electron chi connectivity index (χ4n) is 1.21. The molecule has 2 nitrogen and oxygen atoms in total. The van der Waals surface area contributed by atoms with Gasteiger partial charge in [-0.05, 0) is 59.7 Å². The van der Waals surface area contributed by atoms with Gasteiger partial charge in [0.1, 0.15) is 22.7 Å². The molecule has 1 aromatic carbocycles. The first kappa shape index (κ1) is 12.9. The van der Waals surface area contributed by atoms with Gasteiger partial charge in [-0.3, -0.25) is 0 Å². The maximum Gasteiger partial charge on any atom is 0.128 e. The number of hydrogen-bond donors (Lipinski definition) is 0. The molecule has 0 unspecified atom stereocenters. The lowest BCUT2D eigenvalue weighted by molar-refractivity contribution is 0.125. The van der Waals surface area contributed by atoms with E-state index in [1.807, 2.05) is 59.7 Å². The van der Waals surface area contributed by atoms with Crippen LogP contribution in [0, 0.1) is 6.07 Å². The second-order valence-electron chi connectivity index (χ2n) is 5.82. The van der Waals surface area contributed by atoms with Crippen molar-refractivity contribution in [1.82, 2.24) is 0 Å². The summed E-state index contributed by atoms with van der Waals surface area (Å²) < 4.78 is 11.4. The lowest BCUT2D eigenvalue weighted by Crippen LogP contribution is -2.24. The summed E-state index contributed by atoms with van der Waals surface area (Å²) in [6, 6.07) is 8.67. The Morgan fingerprint density at radius 1 is 0.875 bits per heavy atom. The maximum absolute atomic E-state index is 5.70. The molecular weight excluding hydrogens is 200 g/mol. The van der Waals surface area contributed by atoms with Crippen LogP contribution in [0.5, 0.6) is 11.5 Å². The lowest BCUT2D eigenvalue weighted by atomic mass is 10.2. The van der Waals surface area contributed by atoms with Crippen LogP contribution >= 0.6 is 0 Å². The molecule has 16 heavy (non-hydrogen) atoms. The van der Waals surface area contributed by atoms with Crippen LogP contribution in [0.4, 0.5) is 0 Å². The molecule has 0 heterocycles. The van der Waals surface area contributed by atoms with Gasteiger partial charge in [-0.25, -0.2) is 0 Å². The summed E-state index contributed by atoms with van der Waals surface area (Å²) >= 11 is 0. The molecule has 0 saturated heterocycles. The van der Waals surface area contributed by atoms with E-state index in [4.69, 9.17) is 9.47 Å². The first-order valence-electron chi connectivity index (χ1n) is 5.55. The Labute approximate surface area is 98.6 Å². The highest BCUT2D eigenvalue weighted by atomic mass is 16.5. The molecule has 0 fully saturated rings. The number of rotatable bonds is 2. The number of benzene rings is 1. The maximum atomic E-state index is 5.70. The molecule has 2 heteroatoms. The average Bonchev–Trinajstić information content (AvgIpc) is 2.03. The first-order chi connectivity index (χ1) is 7.16. The predicted octanol–water partition coefficient (Wildman–Crippen LogP) is 3.84. The van der Waals surface area contributed by atoms with Gasteiger partial charge in [0, 0.05) is 6.07 Å². The molecule has 0 saturated carbocycles. The minimum absolute atomic E-state index is 0.180. The lowest BCUT2D eigenvalue weighted by Gasteiger charge is -2.23. The van der Waals surface area contributed by atoms with E-state index in [1.54, 1.807) is 0 Å². The summed E-state index contributed by atoms with van der Waals surface area (Å²) in [5, 5.41) is 0. The monoisotopic (exact) mass is 221 g/mol. The van der Waals surface area contributed by atoms with Gasteiger partial charge in [0.15, 0.2) is 0 Å². The fourth-order valence-corrected chi connectivity index (χ4v) is 1.21. The summed E-state index contributed by atoms with van der Waals surface area (Å²) in [4.78, 5) is 0. The van der Waals surface area contributed by atoms with Crippen molar-refractivity contribution in [3.63, 3.8) is 0 Å². The van der Waals surface area contributed by atoms with Gasteiger partial charge >= 0.3 is 0 Å². The molecule has 0 amide bonds. The van der Waals surface area contributed by atoms with Gasteiger partial charge in [0.05, 0.1) is 0 Å². The highest BCUT2D eigenvalue weighted by Crippen LogP contribution is 2.23. The SMILES string of the molecule is CC(C)(C)Oc1[c]cc(OC(C)(C)C)cc1. The molecule has 0 N–H and O–H groups in total. The van der Waals surface area contributed by atoms with E-state index in [1.165, 1.54) is 0 Å². The Kier molecular flexibility index (Phi) is 3.51. The van der Waals surface area contributed by atoms with Crippen LogP contribution < -0.4 is 9.47 Å². The van der Waals surface area contributed by atoms with E-state index in [0.717, 1.165) is 11.5 Å². The molecule has 0 aromatic heterocycles. The van der Waals surface area contributed by atoms with Crippen LogP contribution in [-0.4, -0.2) is 11.2 Å². The molecule has 1 radical (unpaired) electrons. The second kappa shape index (κ2) is 4.36. The van der Waals surface area contributed by atoms with Crippen LogP contribution in [0.1, 0.15) is 41.5 Å². The van der Waals surface area contributed by atoms with Gasteiger partial charge in [0.25, 0.3) is 0 Å². The predicted molar refractivity (Wildman–Crippen MR) is 66.0 cm³/mol. The van der Waals surface area contributed by atoms with Crippen molar-refractivity contribution in [2.45, 2.75) is 52.7 Å².